The van der Waals surface area contributed by atoms with Crippen molar-refractivity contribution < 1.29 is 18.3 Å². The molecule has 0 unspecified atom stereocenters. The quantitative estimate of drug-likeness (QED) is 0.834. The normalized spacial score (nSPS) is 17.5. The Bertz CT molecular complexity index is 701. The average Bonchev–Trinajstić information content (AvgIpc) is 3.00. The standard InChI is InChI=1S/C18H17F2NO2/c1-13-7-5-6-10-16(13)23-18(19,20)17-21-15(12-22-17)11-14-8-3-2-4-9-14/h2-10,15H,11-12H2,1H3/t15-/m0/s1. The highest BCUT2D eigenvalue weighted by molar-refractivity contribution is 5.83. The zero-order valence-electron chi connectivity index (χ0n) is 12.7. The summed E-state index contributed by atoms with van der Waals surface area (Å²) in [6.07, 6.45) is -3.01. The molecule has 1 aliphatic rings. The predicted octanol–water partition coefficient (Wildman–Crippen LogP) is 4.01. The molecule has 3 nitrogen and oxygen atoms in total. The summed E-state index contributed by atoms with van der Waals surface area (Å²) in [6.45, 7) is 1.85. The Kier molecular flexibility index (Phi) is 4.28. The molecule has 0 saturated carbocycles. The number of halogens is 2. The van der Waals surface area contributed by atoms with Gasteiger partial charge in [-0.15, -0.1) is 0 Å². The first kappa shape index (κ1) is 15.5. The molecule has 2 aromatic rings. The summed E-state index contributed by atoms with van der Waals surface area (Å²) in [5.41, 5.74) is 1.67. The van der Waals surface area contributed by atoms with Crippen LogP contribution in [0.3, 0.4) is 0 Å². The lowest BCUT2D eigenvalue weighted by Gasteiger charge is -2.18. The summed E-state index contributed by atoms with van der Waals surface area (Å²) in [7, 11) is 0. The van der Waals surface area contributed by atoms with Crippen molar-refractivity contribution in [3.63, 3.8) is 0 Å². The number of nitrogens with zero attached hydrogens (tertiary/aromatic N) is 1. The fraction of sp³-hybridized carbons (Fsp3) is 0.278. The van der Waals surface area contributed by atoms with Gasteiger partial charge in [0.05, 0.1) is 6.04 Å². The van der Waals surface area contributed by atoms with E-state index < -0.39 is 12.0 Å². The lowest BCUT2D eigenvalue weighted by Crippen LogP contribution is -2.35. The smallest absolute Gasteiger partial charge is 0.472 e. The van der Waals surface area contributed by atoms with Crippen LogP contribution >= 0.6 is 0 Å². The van der Waals surface area contributed by atoms with Gasteiger partial charge in [0.25, 0.3) is 0 Å². The fourth-order valence-corrected chi connectivity index (χ4v) is 2.42. The molecular weight excluding hydrogens is 300 g/mol. The van der Waals surface area contributed by atoms with E-state index in [1.165, 1.54) is 6.07 Å². The van der Waals surface area contributed by atoms with Gasteiger partial charge in [-0.25, -0.2) is 4.99 Å². The molecular formula is C18H17F2NO2. The van der Waals surface area contributed by atoms with Crippen LogP contribution in [0, 0.1) is 6.92 Å². The molecule has 0 fully saturated rings. The van der Waals surface area contributed by atoms with Crippen LogP contribution in [0.1, 0.15) is 11.1 Å². The first-order chi connectivity index (χ1) is 11.0. The van der Waals surface area contributed by atoms with Crippen LogP contribution in [0.5, 0.6) is 5.75 Å². The number of para-hydroxylation sites is 1. The molecule has 1 heterocycles. The van der Waals surface area contributed by atoms with E-state index >= 15 is 0 Å². The second kappa shape index (κ2) is 6.36. The van der Waals surface area contributed by atoms with E-state index in [9.17, 15) is 8.78 Å². The second-order valence-electron chi connectivity index (χ2n) is 5.47. The highest BCUT2D eigenvalue weighted by atomic mass is 19.3. The van der Waals surface area contributed by atoms with Crippen molar-refractivity contribution in [1.29, 1.82) is 0 Å². The van der Waals surface area contributed by atoms with E-state index in [1.807, 2.05) is 30.3 Å². The summed E-state index contributed by atoms with van der Waals surface area (Å²) in [5, 5.41) is 0. The van der Waals surface area contributed by atoms with Crippen molar-refractivity contribution in [2.24, 2.45) is 4.99 Å². The Morgan fingerprint density at radius 3 is 2.57 bits per heavy atom. The van der Waals surface area contributed by atoms with Crippen molar-refractivity contribution in [2.75, 3.05) is 6.61 Å². The molecule has 2 aromatic carbocycles. The zero-order valence-corrected chi connectivity index (χ0v) is 12.7. The fourth-order valence-electron chi connectivity index (χ4n) is 2.42. The van der Waals surface area contributed by atoms with Gasteiger partial charge in [-0.3, -0.25) is 0 Å². The maximum atomic E-state index is 14.2. The number of hydrogen-bond donors (Lipinski definition) is 0. The Morgan fingerprint density at radius 2 is 1.83 bits per heavy atom. The summed E-state index contributed by atoms with van der Waals surface area (Å²) < 4.78 is 38.4. The van der Waals surface area contributed by atoms with E-state index in [4.69, 9.17) is 9.47 Å². The van der Waals surface area contributed by atoms with Crippen molar-refractivity contribution in [3.8, 4) is 5.75 Å². The van der Waals surface area contributed by atoms with Gasteiger partial charge in [0.2, 0.25) is 0 Å². The number of aliphatic imine (C=N–C) groups is 1. The van der Waals surface area contributed by atoms with Gasteiger partial charge in [-0.2, -0.15) is 8.78 Å². The molecule has 0 amide bonds. The molecule has 120 valence electrons. The van der Waals surface area contributed by atoms with Crippen molar-refractivity contribution in [1.82, 2.24) is 0 Å². The lowest BCUT2D eigenvalue weighted by atomic mass is 10.1. The molecule has 23 heavy (non-hydrogen) atoms. The largest absolute Gasteiger partial charge is 0.479 e. The maximum absolute atomic E-state index is 14.2. The summed E-state index contributed by atoms with van der Waals surface area (Å²) >= 11 is 0. The van der Waals surface area contributed by atoms with E-state index in [2.05, 4.69) is 4.99 Å². The van der Waals surface area contributed by atoms with Crippen LogP contribution in [0.15, 0.2) is 59.6 Å². The molecule has 1 aliphatic heterocycles. The molecule has 0 N–H and O–H groups in total. The number of alkyl halides is 2. The van der Waals surface area contributed by atoms with Gasteiger partial charge in [0, 0.05) is 0 Å². The molecule has 0 bridgehead atoms. The van der Waals surface area contributed by atoms with Crippen LogP contribution in [0.2, 0.25) is 0 Å². The Morgan fingerprint density at radius 1 is 1.13 bits per heavy atom. The molecule has 1 atom stereocenters. The highest BCUT2D eigenvalue weighted by Gasteiger charge is 2.45. The summed E-state index contributed by atoms with van der Waals surface area (Å²) in [5.74, 6) is -0.531. The maximum Gasteiger partial charge on any atom is 0.479 e. The second-order valence-corrected chi connectivity index (χ2v) is 5.47. The Labute approximate surface area is 133 Å². The third kappa shape index (κ3) is 3.67. The van der Waals surface area contributed by atoms with Crippen LogP contribution in [-0.2, 0) is 11.2 Å². The van der Waals surface area contributed by atoms with Gasteiger partial charge in [0.15, 0.2) is 0 Å². The zero-order chi connectivity index (χ0) is 16.3. The van der Waals surface area contributed by atoms with Gasteiger partial charge in [0.1, 0.15) is 12.4 Å². The van der Waals surface area contributed by atoms with Crippen molar-refractivity contribution >= 4 is 5.90 Å². The number of benzene rings is 2. The topological polar surface area (TPSA) is 30.8 Å². The molecule has 3 rings (SSSR count). The van der Waals surface area contributed by atoms with E-state index in [1.54, 1.807) is 25.1 Å². The van der Waals surface area contributed by atoms with Gasteiger partial charge in [-0.05, 0) is 30.5 Å². The molecule has 5 heteroatoms. The van der Waals surface area contributed by atoms with Gasteiger partial charge >= 0.3 is 12.0 Å². The first-order valence-corrected chi connectivity index (χ1v) is 7.42. The molecule has 0 spiro atoms. The lowest BCUT2D eigenvalue weighted by molar-refractivity contribution is -0.125. The third-order valence-electron chi connectivity index (χ3n) is 3.61. The average molecular weight is 317 g/mol. The number of hydrogen-bond acceptors (Lipinski definition) is 3. The minimum atomic E-state index is -3.57. The molecule has 0 saturated heterocycles. The van der Waals surface area contributed by atoms with Crippen molar-refractivity contribution in [3.05, 3.63) is 65.7 Å². The van der Waals surface area contributed by atoms with Crippen LogP contribution < -0.4 is 4.74 Å². The summed E-state index contributed by atoms with van der Waals surface area (Å²) in [4.78, 5) is 4.00. The Hall–Kier alpha value is -2.43. The van der Waals surface area contributed by atoms with E-state index in [-0.39, 0.29) is 18.4 Å². The number of ether oxygens (including phenoxy) is 2. The SMILES string of the molecule is Cc1ccccc1OC(F)(F)C1=N[C@@H](Cc2ccccc2)CO1. The first-order valence-electron chi connectivity index (χ1n) is 7.42. The van der Waals surface area contributed by atoms with Crippen LogP contribution in [-0.4, -0.2) is 24.7 Å². The number of aryl methyl sites for hydroxylation is 1. The molecule has 0 aromatic heterocycles. The predicted molar refractivity (Wildman–Crippen MR) is 84.1 cm³/mol. The highest BCUT2D eigenvalue weighted by Crippen LogP contribution is 2.28. The third-order valence-corrected chi connectivity index (χ3v) is 3.61. The van der Waals surface area contributed by atoms with Crippen molar-refractivity contribution in [2.45, 2.75) is 25.5 Å². The van der Waals surface area contributed by atoms with Gasteiger partial charge in [-0.1, -0.05) is 48.5 Å². The molecule has 0 aliphatic carbocycles. The molecule has 0 radical (unpaired) electrons. The van der Waals surface area contributed by atoms with E-state index in [0.717, 1.165) is 5.56 Å². The minimum Gasteiger partial charge on any atom is -0.472 e. The minimum absolute atomic E-state index is 0.121. The van der Waals surface area contributed by atoms with Crippen LogP contribution in [0.25, 0.3) is 0 Å². The van der Waals surface area contributed by atoms with E-state index in [0.29, 0.717) is 12.0 Å². The van der Waals surface area contributed by atoms with Gasteiger partial charge < -0.3 is 9.47 Å². The number of rotatable bonds is 5. The van der Waals surface area contributed by atoms with Crippen LogP contribution in [0.4, 0.5) is 8.78 Å². The Balaban J connectivity index is 1.70. The summed E-state index contributed by atoms with van der Waals surface area (Å²) in [6, 6.07) is 15.9. The monoisotopic (exact) mass is 317 g/mol.